The number of nitrogens with zero attached hydrogens (tertiary/aromatic N) is 1. The molecule has 0 aliphatic rings. The van der Waals surface area contributed by atoms with Gasteiger partial charge in [0.2, 0.25) is 5.91 Å². The first-order valence-electron chi connectivity index (χ1n) is 6.16. The van der Waals surface area contributed by atoms with Gasteiger partial charge in [0.15, 0.2) is 0 Å². The summed E-state index contributed by atoms with van der Waals surface area (Å²) in [6.07, 6.45) is 3.32. The highest BCUT2D eigenvalue weighted by Gasteiger charge is 2.07. The van der Waals surface area contributed by atoms with Crippen LogP contribution in [0, 0.1) is 0 Å². The van der Waals surface area contributed by atoms with Crippen molar-refractivity contribution in [3.63, 3.8) is 0 Å². The Morgan fingerprint density at radius 1 is 1.00 bits per heavy atom. The van der Waals surface area contributed by atoms with Gasteiger partial charge in [0.1, 0.15) is 5.88 Å². The molecule has 0 radical (unpaired) electrons. The molecule has 1 rings (SSSR count). The zero-order valence-corrected chi connectivity index (χ0v) is 15.6. The minimum atomic E-state index is -0.0912. The van der Waals surface area contributed by atoms with Gasteiger partial charge in [-0.2, -0.15) is 0 Å². The molecule has 1 amide bonds. The Bertz CT molecular complexity index is 509. The van der Waals surface area contributed by atoms with Crippen molar-refractivity contribution in [3.05, 3.63) is 58.1 Å². The van der Waals surface area contributed by atoms with Crippen LogP contribution in [0.5, 0.6) is 0 Å². The van der Waals surface area contributed by atoms with Crippen molar-refractivity contribution in [1.82, 2.24) is 4.90 Å². The quantitative estimate of drug-likeness (QED) is 0.333. The van der Waals surface area contributed by atoms with E-state index in [0.717, 1.165) is 5.56 Å². The number of benzene rings is 1. The molecule has 2 nitrogen and oxygen atoms in total. The van der Waals surface area contributed by atoms with Gasteiger partial charge in [-0.05, 0) is 17.7 Å². The first-order valence-corrected chi connectivity index (χ1v) is 8.36. The van der Waals surface area contributed by atoms with Crippen molar-refractivity contribution >= 4 is 63.9 Å². The summed E-state index contributed by atoms with van der Waals surface area (Å²) in [6, 6.07) is 3.25. The Morgan fingerprint density at radius 3 is 1.91 bits per heavy atom. The van der Waals surface area contributed by atoms with Crippen LogP contribution in [0.3, 0.4) is 0 Å². The monoisotopic (exact) mass is 401 g/mol. The predicted octanol–water partition coefficient (Wildman–Crippen LogP) is 5.81. The van der Waals surface area contributed by atoms with Gasteiger partial charge < -0.3 is 4.90 Å². The molecule has 122 valence electrons. The van der Waals surface area contributed by atoms with Crippen molar-refractivity contribution in [2.75, 3.05) is 19.0 Å². The molecule has 0 atom stereocenters. The lowest BCUT2D eigenvalue weighted by molar-refractivity contribution is -0.127. The highest BCUT2D eigenvalue weighted by molar-refractivity contribution is 6.43. The van der Waals surface area contributed by atoms with E-state index >= 15 is 0 Å². The summed E-state index contributed by atoms with van der Waals surface area (Å²) in [5.41, 5.74) is 0.794. The molecule has 0 aliphatic carbocycles. The summed E-state index contributed by atoms with van der Waals surface area (Å²) >= 11 is 28.1. The average molecular weight is 404 g/mol. The molecule has 0 heterocycles. The third-order valence-corrected chi connectivity index (χ3v) is 3.99. The fourth-order valence-corrected chi connectivity index (χ4v) is 2.44. The number of amides is 1. The molecule has 0 fully saturated rings. The highest BCUT2D eigenvalue weighted by atomic mass is 35.5. The molecular formula is C15H16Cl5NO. The van der Waals surface area contributed by atoms with Gasteiger partial charge in [0.05, 0.1) is 10.0 Å². The smallest absolute Gasteiger partial charge is 0.238 e. The Labute approximate surface area is 156 Å². The van der Waals surface area contributed by atoms with Crippen molar-refractivity contribution in [2.45, 2.75) is 5.88 Å². The summed E-state index contributed by atoms with van der Waals surface area (Å²) in [4.78, 5) is 12.6. The second-order valence-corrected chi connectivity index (χ2v) is 5.76. The van der Waals surface area contributed by atoms with E-state index < -0.39 is 0 Å². The predicted molar refractivity (Wildman–Crippen MR) is 98.7 cm³/mol. The summed E-state index contributed by atoms with van der Waals surface area (Å²) < 4.78 is 0. The fraction of sp³-hybridized carbons (Fsp3) is 0.267. The van der Waals surface area contributed by atoms with Crippen LogP contribution in [0.4, 0.5) is 0 Å². The van der Waals surface area contributed by atoms with E-state index in [4.69, 9.17) is 58.0 Å². The van der Waals surface area contributed by atoms with Crippen molar-refractivity contribution in [2.24, 2.45) is 0 Å². The minimum Gasteiger partial charge on any atom is -0.334 e. The van der Waals surface area contributed by atoms with E-state index in [9.17, 15) is 4.79 Å². The Morgan fingerprint density at radius 2 is 1.50 bits per heavy atom. The highest BCUT2D eigenvalue weighted by Crippen LogP contribution is 2.29. The molecule has 22 heavy (non-hydrogen) atoms. The number of carbonyl (C=O) groups excluding carboxylic acids is 1. The molecule has 0 N–H and O–H groups in total. The Balaban J connectivity index is 0.000000401. The third kappa shape index (κ3) is 7.75. The number of hydrogen-bond donors (Lipinski definition) is 0. The SMILES string of the molecule is C=CCN(CC=C)C(=O)CCl.ClCc1cc(Cl)c(Cl)cc1Cl. The van der Waals surface area contributed by atoms with Gasteiger partial charge in [-0.25, -0.2) is 0 Å². The maximum absolute atomic E-state index is 11.0. The Hall–Kier alpha value is -0.380. The molecule has 0 bridgehead atoms. The number of rotatable bonds is 6. The molecule has 0 unspecified atom stereocenters. The largest absolute Gasteiger partial charge is 0.334 e. The van der Waals surface area contributed by atoms with Crippen molar-refractivity contribution in [1.29, 1.82) is 0 Å². The van der Waals surface area contributed by atoms with E-state index in [1.54, 1.807) is 29.2 Å². The maximum Gasteiger partial charge on any atom is 0.238 e. The fourth-order valence-electron chi connectivity index (χ4n) is 1.34. The Kier molecular flexibility index (Phi) is 11.9. The third-order valence-electron chi connectivity index (χ3n) is 2.40. The number of carbonyl (C=O) groups is 1. The summed E-state index contributed by atoms with van der Waals surface area (Å²) in [6.45, 7) is 8.11. The van der Waals surface area contributed by atoms with Crippen LogP contribution in [-0.4, -0.2) is 29.8 Å². The van der Waals surface area contributed by atoms with Crippen LogP contribution in [-0.2, 0) is 10.7 Å². The zero-order valence-electron chi connectivity index (χ0n) is 11.8. The first-order chi connectivity index (χ1) is 10.4. The van der Waals surface area contributed by atoms with Crippen LogP contribution in [0.2, 0.25) is 15.1 Å². The molecule has 0 aliphatic heterocycles. The molecular weight excluding hydrogens is 387 g/mol. The van der Waals surface area contributed by atoms with Gasteiger partial charge in [0.25, 0.3) is 0 Å². The second-order valence-electron chi connectivity index (χ2n) is 4.00. The van der Waals surface area contributed by atoms with Crippen molar-refractivity contribution < 1.29 is 4.79 Å². The van der Waals surface area contributed by atoms with Gasteiger partial charge in [-0.15, -0.1) is 36.4 Å². The molecule has 0 spiro atoms. The van der Waals surface area contributed by atoms with E-state index in [0.29, 0.717) is 34.0 Å². The normalized spacial score (nSPS) is 9.50. The van der Waals surface area contributed by atoms with Crippen LogP contribution >= 0.6 is 58.0 Å². The van der Waals surface area contributed by atoms with Gasteiger partial charge >= 0.3 is 0 Å². The van der Waals surface area contributed by atoms with Crippen LogP contribution in [0.1, 0.15) is 5.56 Å². The lowest BCUT2D eigenvalue weighted by Gasteiger charge is -2.17. The summed E-state index contributed by atoms with van der Waals surface area (Å²) in [5.74, 6) is 0.267. The van der Waals surface area contributed by atoms with Gasteiger partial charge in [0, 0.05) is 24.0 Å². The molecule has 0 saturated carbocycles. The van der Waals surface area contributed by atoms with E-state index in [-0.39, 0.29) is 11.8 Å². The standard InChI is InChI=1S/C8H12ClNO.C7H4Cl4/c1-3-5-10(6-4-2)8(11)7-9;8-3-4-1-6(10)7(11)2-5(4)9/h3-4H,1-2,5-7H2;1-2H,3H2. The molecule has 0 saturated heterocycles. The number of hydrogen-bond acceptors (Lipinski definition) is 1. The van der Waals surface area contributed by atoms with Crippen LogP contribution in [0.25, 0.3) is 0 Å². The number of alkyl halides is 2. The first kappa shape index (κ1) is 21.6. The molecule has 1 aromatic carbocycles. The maximum atomic E-state index is 11.0. The van der Waals surface area contributed by atoms with Gasteiger partial charge in [-0.1, -0.05) is 47.0 Å². The lowest BCUT2D eigenvalue weighted by Crippen LogP contribution is -2.32. The van der Waals surface area contributed by atoms with E-state index in [1.807, 2.05) is 0 Å². The summed E-state index contributed by atoms with van der Waals surface area (Å²) in [7, 11) is 0. The van der Waals surface area contributed by atoms with Crippen molar-refractivity contribution in [3.8, 4) is 0 Å². The number of halogens is 5. The van der Waals surface area contributed by atoms with Crippen LogP contribution < -0.4 is 0 Å². The zero-order chi connectivity index (χ0) is 17.1. The lowest BCUT2D eigenvalue weighted by atomic mass is 10.2. The molecule has 1 aromatic rings. The molecule has 7 heteroatoms. The minimum absolute atomic E-state index is 0.0156. The topological polar surface area (TPSA) is 20.3 Å². The second kappa shape index (κ2) is 12.1. The van der Waals surface area contributed by atoms with Crippen LogP contribution in [0.15, 0.2) is 37.4 Å². The average Bonchev–Trinajstić information content (AvgIpc) is 2.50. The van der Waals surface area contributed by atoms with E-state index in [1.165, 1.54) is 0 Å². The summed E-state index contributed by atoms with van der Waals surface area (Å²) in [5, 5.41) is 1.48. The molecule has 0 aromatic heterocycles. The van der Waals surface area contributed by atoms with E-state index in [2.05, 4.69) is 13.2 Å². The van der Waals surface area contributed by atoms with Gasteiger partial charge in [-0.3, -0.25) is 4.79 Å².